The normalized spacial score (nSPS) is 11.2. The molecule has 0 heterocycles. The number of hydrogen-bond donors (Lipinski definition) is 3. The van der Waals surface area contributed by atoms with Gasteiger partial charge in [0.2, 0.25) is 0 Å². The number of hydrogen-bond acceptors (Lipinski definition) is 2. The van der Waals surface area contributed by atoms with Crippen molar-refractivity contribution in [3.05, 3.63) is 34.9 Å². The summed E-state index contributed by atoms with van der Waals surface area (Å²) < 4.78 is 0. The van der Waals surface area contributed by atoms with E-state index in [4.69, 9.17) is 18.0 Å². The highest BCUT2D eigenvalue weighted by atomic mass is 35.5. The maximum atomic E-state index is 11.7. The summed E-state index contributed by atoms with van der Waals surface area (Å²) in [5, 5.41) is 14.5. The summed E-state index contributed by atoms with van der Waals surface area (Å²) in [5.74, 6) is 1.33. The van der Waals surface area contributed by atoms with E-state index in [1.807, 2.05) is 0 Å². The van der Waals surface area contributed by atoms with Crippen molar-refractivity contribution in [1.29, 1.82) is 0 Å². The van der Waals surface area contributed by atoms with Crippen molar-refractivity contribution in [2.45, 2.75) is 25.3 Å². The molecule has 112 valence electrons. The number of aliphatic carboxylic acids is 1. The fourth-order valence-corrected chi connectivity index (χ4v) is 1.96. The summed E-state index contributed by atoms with van der Waals surface area (Å²) >= 11 is 5.95. The summed E-state index contributed by atoms with van der Waals surface area (Å²) in [7, 11) is 0. The van der Waals surface area contributed by atoms with E-state index in [0.717, 1.165) is 12.8 Å². The lowest BCUT2D eigenvalue weighted by atomic mass is 10.1. The molecule has 0 radical (unpaired) electrons. The van der Waals surface area contributed by atoms with E-state index in [1.165, 1.54) is 0 Å². The Kier molecular flexibility index (Phi) is 7.13. The van der Waals surface area contributed by atoms with Crippen molar-refractivity contribution < 1.29 is 14.7 Å². The number of terminal acetylenes is 1. The number of halogens is 1. The Balaban J connectivity index is 2.56. The van der Waals surface area contributed by atoms with Crippen LogP contribution in [0.15, 0.2) is 24.3 Å². The standard InChI is InChI=1S/C15H17ClN2O3/c1-2-3-4-7-10-17-15(21)18-13(14(19)20)11-8-5-6-9-12(11)16/h1,5-6,8-9,13H,3-4,7,10H2,(H,19,20)(H2,17,18,21)/t13-/m1/s1. The van der Waals surface area contributed by atoms with Gasteiger partial charge < -0.3 is 15.7 Å². The highest BCUT2D eigenvalue weighted by Crippen LogP contribution is 2.22. The summed E-state index contributed by atoms with van der Waals surface area (Å²) in [6.07, 6.45) is 7.32. The Morgan fingerprint density at radius 3 is 2.67 bits per heavy atom. The highest BCUT2D eigenvalue weighted by Gasteiger charge is 2.23. The Hall–Kier alpha value is -2.19. The molecule has 0 bridgehead atoms. The molecular formula is C15H17ClN2O3. The Morgan fingerprint density at radius 2 is 2.05 bits per heavy atom. The molecule has 1 aromatic carbocycles. The molecule has 0 fully saturated rings. The molecule has 5 nitrogen and oxygen atoms in total. The fraction of sp³-hybridized carbons (Fsp3) is 0.333. The van der Waals surface area contributed by atoms with Crippen LogP contribution in [0.3, 0.4) is 0 Å². The first-order valence-corrected chi connectivity index (χ1v) is 6.89. The number of carbonyl (C=O) groups excluding carboxylic acids is 1. The average molecular weight is 309 g/mol. The lowest BCUT2D eigenvalue weighted by Crippen LogP contribution is -2.41. The zero-order chi connectivity index (χ0) is 15.7. The van der Waals surface area contributed by atoms with Gasteiger partial charge in [-0.05, 0) is 18.9 Å². The van der Waals surface area contributed by atoms with Crippen LogP contribution < -0.4 is 10.6 Å². The van der Waals surface area contributed by atoms with E-state index in [-0.39, 0.29) is 0 Å². The third-order valence-electron chi connectivity index (χ3n) is 2.77. The molecule has 0 aliphatic carbocycles. The van der Waals surface area contributed by atoms with Gasteiger partial charge in [0, 0.05) is 23.6 Å². The lowest BCUT2D eigenvalue weighted by molar-refractivity contribution is -0.139. The van der Waals surface area contributed by atoms with E-state index in [0.29, 0.717) is 23.6 Å². The van der Waals surface area contributed by atoms with E-state index >= 15 is 0 Å². The predicted molar refractivity (Wildman–Crippen MR) is 81.0 cm³/mol. The number of amides is 2. The first-order valence-electron chi connectivity index (χ1n) is 6.51. The van der Waals surface area contributed by atoms with Crippen LogP contribution in [-0.2, 0) is 4.79 Å². The SMILES string of the molecule is C#CCCCCNC(=O)N[C@@H](C(=O)O)c1ccccc1Cl. The van der Waals surface area contributed by atoms with Crippen molar-refractivity contribution in [3.63, 3.8) is 0 Å². The first kappa shape index (κ1) is 16.9. The molecule has 6 heteroatoms. The zero-order valence-electron chi connectivity index (χ0n) is 11.4. The highest BCUT2D eigenvalue weighted by molar-refractivity contribution is 6.31. The van der Waals surface area contributed by atoms with Gasteiger partial charge in [-0.1, -0.05) is 29.8 Å². The maximum Gasteiger partial charge on any atom is 0.331 e. The van der Waals surface area contributed by atoms with Crippen molar-refractivity contribution in [2.24, 2.45) is 0 Å². The van der Waals surface area contributed by atoms with Crippen LogP contribution in [0.4, 0.5) is 4.79 Å². The van der Waals surface area contributed by atoms with Gasteiger partial charge in [-0.3, -0.25) is 0 Å². The van der Waals surface area contributed by atoms with E-state index in [9.17, 15) is 14.7 Å². The monoisotopic (exact) mass is 308 g/mol. The zero-order valence-corrected chi connectivity index (χ0v) is 12.2. The molecule has 0 aliphatic heterocycles. The number of urea groups is 1. The summed E-state index contributed by atoms with van der Waals surface area (Å²) in [6.45, 7) is 0.433. The molecule has 1 rings (SSSR count). The molecule has 1 aromatic rings. The molecule has 0 aromatic heterocycles. The quantitative estimate of drug-likeness (QED) is 0.535. The molecule has 2 amide bonds. The smallest absolute Gasteiger partial charge is 0.331 e. The second kappa shape index (κ2) is 8.88. The van der Waals surface area contributed by atoms with Gasteiger partial charge in [-0.15, -0.1) is 12.3 Å². The van der Waals surface area contributed by atoms with Crippen LogP contribution in [-0.4, -0.2) is 23.7 Å². The number of unbranched alkanes of at least 4 members (excludes halogenated alkanes) is 2. The van der Waals surface area contributed by atoms with E-state index in [2.05, 4.69) is 16.6 Å². The van der Waals surface area contributed by atoms with Crippen LogP contribution in [0.1, 0.15) is 30.9 Å². The number of benzene rings is 1. The minimum Gasteiger partial charge on any atom is -0.479 e. The number of nitrogens with one attached hydrogen (secondary N) is 2. The minimum atomic E-state index is -1.19. The molecule has 3 N–H and O–H groups in total. The van der Waals surface area contributed by atoms with Gasteiger partial charge in [0.15, 0.2) is 6.04 Å². The van der Waals surface area contributed by atoms with Gasteiger partial charge in [0.1, 0.15) is 0 Å². The van der Waals surface area contributed by atoms with Crippen LogP contribution in [0, 0.1) is 12.3 Å². The van der Waals surface area contributed by atoms with Crippen molar-refractivity contribution in [2.75, 3.05) is 6.54 Å². The largest absolute Gasteiger partial charge is 0.479 e. The molecular weight excluding hydrogens is 292 g/mol. The number of carboxylic acid groups (broad SMARTS) is 1. The molecule has 1 atom stereocenters. The van der Waals surface area contributed by atoms with E-state index < -0.39 is 18.0 Å². The van der Waals surface area contributed by atoms with Gasteiger partial charge in [0.05, 0.1) is 0 Å². The topological polar surface area (TPSA) is 78.4 Å². The molecule has 0 spiro atoms. The third-order valence-corrected chi connectivity index (χ3v) is 3.12. The van der Waals surface area contributed by atoms with Crippen LogP contribution in [0.2, 0.25) is 5.02 Å². The Bertz CT molecular complexity index is 540. The minimum absolute atomic E-state index is 0.291. The second-order valence-corrected chi connectivity index (χ2v) is 4.76. The third kappa shape index (κ3) is 5.76. The van der Waals surface area contributed by atoms with Gasteiger partial charge in [-0.25, -0.2) is 9.59 Å². The van der Waals surface area contributed by atoms with Crippen LogP contribution in [0.25, 0.3) is 0 Å². The van der Waals surface area contributed by atoms with Gasteiger partial charge >= 0.3 is 12.0 Å². The lowest BCUT2D eigenvalue weighted by Gasteiger charge is -2.16. The molecule has 21 heavy (non-hydrogen) atoms. The summed E-state index contributed by atoms with van der Waals surface area (Å²) in [5.41, 5.74) is 0.342. The van der Waals surface area contributed by atoms with Crippen LogP contribution in [0.5, 0.6) is 0 Å². The summed E-state index contributed by atoms with van der Waals surface area (Å²) in [6, 6.07) is 4.75. The fourth-order valence-electron chi connectivity index (χ4n) is 1.72. The second-order valence-electron chi connectivity index (χ2n) is 4.35. The number of carboxylic acids is 1. The molecule has 0 unspecified atom stereocenters. The predicted octanol–water partition coefficient (Wildman–Crippen LogP) is 2.57. The molecule has 0 aliphatic rings. The first-order chi connectivity index (χ1) is 10.1. The summed E-state index contributed by atoms with van der Waals surface area (Å²) in [4.78, 5) is 23.0. The average Bonchev–Trinajstić information content (AvgIpc) is 2.45. The molecule has 0 saturated heterocycles. The van der Waals surface area contributed by atoms with Crippen molar-refractivity contribution >= 4 is 23.6 Å². The van der Waals surface area contributed by atoms with E-state index in [1.54, 1.807) is 24.3 Å². The number of rotatable bonds is 7. The number of carbonyl (C=O) groups is 2. The Labute approximate surface area is 128 Å². The van der Waals surface area contributed by atoms with Crippen molar-refractivity contribution in [1.82, 2.24) is 10.6 Å². The van der Waals surface area contributed by atoms with Gasteiger partial charge in [0.25, 0.3) is 0 Å². The molecule has 0 saturated carbocycles. The maximum absolute atomic E-state index is 11.7. The Morgan fingerprint density at radius 1 is 1.33 bits per heavy atom. The van der Waals surface area contributed by atoms with Gasteiger partial charge in [-0.2, -0.15) is 0 Å². The van der Waals surface area contributed by atoms with Crippen LogP contribution >= 0.6 is 11.6 Å². The van der Waals surface area contributed by atoms with Crippen molar-refractivity contribution in [3.8, 4) is 12.3 Å².